The van der Waals surface area contributed by atoms with Gasteiger partial charge in [0, 0.05) is 39.0 Å². The molecule has 2 aromatic carbocycles. The van der Waals surface area contributed by atoms with Crippen LogP contribution in [-0.4, -0.2) is 57.5 Å². The van der Waals surface area contributed by atoms with Crippen LogP contribution < -0.4 is 15.4 Å². The summed E-state index contributed by atoms with van der Waals surface area (Å²) >= 11 is 0. The van der Waals surface area contributed by atoms with Crippen molar-refractivity contribution in [2.24, 2.45) is 0 Å². The first-order chi connectivity index (χ1) is 14.2. The molecule has 1 heterocycles. The van der Waals surface area contributed by atoms with Crippen LogP contribution in [-0.2, 0) is 22.6 Å². The SMILES string of the molecule is COCc1cccc(NC(=O)NCc2cccc(OCCN3CCOCC3)c2)c1. The number of nitrogens with zero attached hydrogens (tertiary/aromatic N) is 1. The van der Waals surface area contributed by atoms with Gasteiger partial charge in [0.15, 0.2) is 0 Å². The number of nitrogens with one attached hydrogen (secondary N) is 2. The number of ether oxygens (including phenoxy) is 3. The lowest BCUT2D eigenvalue weighted by atomic mass is 10.2. The number of hydrogen-bond acceptors (Lipinski definition) is 5. The van der Waals surface area contributed by atoms with Crippen LogP contribution in [0.25, 0.3) is 0 Å². The third-order valence-electron chi connectivity index (χ3n) is 4.63. The first-order valence-electron chi connectivity index (χ1n) is 9.87. The Morgan fingerprint density at radius 1 is 1.10 bits per heavy atom. The van der Waals surface area contributed by atoms with E-state index in [2.05, 4.69) is 15.5 Å². The van der Waals surface area contributed by atoms with E-state index in [0.717, 1.165) is 55.4 Å². The van der Waals surface area contributed by atoms with Crippen LogP contribution in [0.2, 0.25) is 0 Å². The fourth-order valence-corrected chi connectivity index (χ4v) is 3.13. The van der Waals surface area contributed by atoms with Gasteiger partial charge in [-0.15, -0.1) is 0 Å². The van der Waals surface area contributed by atoms with Crippen molar-refractivity contribution in [3.63, 3.8) is 0 Å². The van der Waals surface area contributed by atoms with Gasteiger partial charge in [-0.1, -0.05) is 24.3 Å². The van der Waals surface area contributed by atoms with Crippen LogP contribution in [0.15, 0.2) is 48.5 Å². The summed E-state index contributed by atoms with van der Waals surface area (Å²) in [6, 6.07) is 15.1. The molecule has 0 aromatic heterocycles. The molecule has 0 aliphatic carbocycles. The van der Waals surface area contributed by atoms with Crippen molar-refractivity contribution in [2.45, 2.75) is 13.2 Å². The fourth-order valence-electron chi connectivity index (χ4n) is 3.13. The number of anilines is 1. The molecule has 0 radical (unpaired) electrons. The largest absolute Gasteiger partial charge is 0.492 e. The minimum Gasteiger partial charge on any atom is -0.492 e. The molecule has 3 rings (SSSR count). The van der Waals surface area contributed by atoms with Gasteiger partial charge in [0.2, 0.25) is 0 Å². The summed E-state index contributed by atoms with van der Waals surface area (Å²) < 4.78 is 16.3. The predicted molar refractivity (Wildman–Crippen MR) is 112 cm³/mol. The van der Waals surface area contributed by atoms with E-state index >= 15 is 0 Å². The van der Waals surface area contributed by atoms with Crippen molar-refractivity contribution < 1.29 is 19.0 Å². The van der Waals surface area contributed by atoms with Crippen molar-refractivity contribution in [3.05, 3.63) is 59.7 Å². The standard InChI is InChI=1S/C22H29N3O4/c1-27-17-19-5-2-6-20(14-19)24-22(26)23-16-18-4-3-7-21(15-18)29-13-10-25-8-11-28-12-9-25/h2-7,14-15H,8-13,16-17H2,1H3,(H2,23,24,26). The van der Waals surface area contributed by atoms with Crippen molar-refractivity contribution in [3.8, 4) is 5.75 Å². The van der Waals surface area contributed by atoms with Gasteiger partial charge in [0.1, 0.15) is 12.4 Å². The number of morpholine rings is 1. The van der Waals surface area contributed by atoms with E-state index in [9.17, 15) is 4.79 Å². The molecule has 0 unspecified atom stereocenters. The molecule has 0 spiro atoms. The van der Waals surface area contributed by atoms with Crippen molar-refractivity contribution in [1.29, 1.82) is 0 Å². The maximum Gasteiger partial charge on any atom is 0.319 e. The fraction of sp³-hybridized carbons (Fsp3) is 0.409. The van der Waals surface area contributed by atoms with Gasteiger partial charge in [-0.2, -0.15) is 0 Å². The zero-order valence-corrected chi connectivity index (χ0v) is 16.9. The molecule has 2 aromatic rings. The van der Waals surface area contributed by atoms with E-state index in [0.29, 0.717) is 19.8 Å². The van der Waals surface area contributed by atoms with Gasteiger partial charge in [-0.3, -0.25) is 4.90 Å². The summed E-state index contributed by atoms with van der Waals surface area (Å²) in [7, 11) is 1.65. The number of carbonyl (C=O) groups excluding carboxylic acids is 1. The topological polar surface area (TPSA) is 72.1 Å². The summed E-state index contributed by atoms with van der Waals surface area (Å²) in [6.45, 7) is 5.94. The van der Waals surface area contributed by atoms with Crippen LogP contribution in [0.1, 0.15) is 11.1 Å². The average molecular weight is 399 g/mol. The van der Waals surface area contributed by atoms with E-state index in [1.165, 1.54) is 0 Å². The molecule has 29 heavy (non-hydrogen) atoms. The van der Waals surface area contributed by atoms with E-state index in [1.54, 1.807) is 7.11 Å². The molecule has 2 N–H and O–H groups in total. The highest BCUT2D eigenvalue weighted by Crippen LogP contribution is 2.14. The van der Waals surface area contributed by atoms with Crippen LogP contribution in [0.5, 0.6) is 5.75 Å². The van der Waals surface area contributed by atoms with Crippen molar-refractivity contribution >= 4 is 11.7 Å². The highest BCUT2D eigenvalue weighted by Gasteiger charge is 2.10. The van der Waals surface area contributed by atoms with E-state index in [-0.39, 0.29) is 6.03 Å². The first kappa shape index (κ1) is 21.1. The van der Waals surface area contributed by atoms with Crippen LogP contribution in [0.3, 0.4) is 0 Å². The molecule has 1 aliphatic rings. The van der Waals surface area contributed by atoms with Gasteiger partial charge < -0.3 is 24.8 Å². The smallest absolute Gasteiger partial charge is 0.319 e. The number of hydrogen-bond donors (Lipinski definition) is 2. The lowest BCUT2D eigenvalue weighted by Crippen LogP contribution is -2.38. The highest BCUT2D eigenvalue weighted by atomic mass is 16.5. The molecule has 2 amide bonds. The Morgan fingerprint density at radius 3 is 2.72 bits per heavy atom. The number of benzene rings is 2. The third kappa shape index (κ3) is 7.38. The number of carbonyl (C=O) groups is 1. The van der Waals surface area contributed by atoms with Crippen LogP contribution in [0, 0.1) is 0 Å². The summed E-state index contributed by atoms with van der Waals surface area (Å²) in [6.07, 6.45) is 0. The number of rotatable bonds is 9. The van der Waals surface area contributed by atoms with Gasteiger partial charge >= 0.3 is 6.03 Å². The second-order valence-electron chi connectivity index (χ2n) is 6.89. The van der Waals surface area contributed by atoms with Gasteiger partial charge in [0.25, 0.3) is 0 Å². The lowest BCUT2D eigenvalue weighted by Gasteiger charge is -2.26. The molecule has 1 saturated heterocycles. The van der Waals surface area contributed by atoms with Crippen molar-refractivity contribution in [2.75, 3.05) is 51.9 Å². The summed E-state index contributed by atoms with van der Waals surface area (Å²) in [5.41, 5.74) is 2.72. The molecule has 0 atom stereocenters. The van der Waals surface area contributed by atoms with Gasteiger partial charge in [0.05, 0.1) is 19.8 Å². The normalized spacial score (nSPS) is 14.4. The molecule has 0 saturated carbocycles. The number of methoxy groups -OCH3 is 1. The van der Waals surface area contributed by atoms with Crippen LogP contribution in [0.4, 0.5) is 10.5 Å². The number of amides is 2. The van der Waals surface area contributed by atoms with Crippen molar-refractivity contribution in [1.82, 2.24) is 10.2 Å². The number of urea groups is 1. The second-order valence-corrected chi connectivity index (χ2v) is 6.89. The quantitative estimate of drug-likeness (QED) is 0.678. The Labute approximate surface area is 171 Å². The molecule has 156 valence electrons. The summed E-state index contributed by atoms with van der Waals surface area (Å²) in [4.78, 5) is 14.5. The molecule has 7 nitrogen and oxygen atoms in total. The molecule has 0 bridgehead atoms. The van der Waals surface area contributed by atoms with E-state index in [4.69, 9.17) is 14.2 Å². The highest BCUT2D eigenvalue weighted by molar-refractivity contribution is 5.89. The predicted octanol–water partition coefficient (Wildman–Crippen LogP) is 2.87. The second kappa shape index (κ2) is 11.4. The Balaban J connectivity index is 1.42. The Hall–Kier alpha value is -2.61. The lowest BCUT2D eigenvalue weighted by molar-refractivity contribution is 0.0322. The summed E-state index contributed by atoms with van der Waals surface area (Å²) in [5, 5.41) is 5.72. The first-order valence-corrected chi connectivity index (χ1v) is 9.87. The third-order valence-corrected chi connectivity index (χ3v) is 4.63. The Kier molecular flexibility index (Phi) is 8.30. The monoisotopic (exact) mass is 399 g/mol. The molecular weight excluding hydrogens is 370 g/mol. The van der Waals surface area contributed by atoms with Crippen LogP contribution >= 0.6 is 0 Å². The minimum absolute atomic E-state index is 0.252. The van der Waals surface area contributed by atoms with Gasteiger partial charge in [-0.05, 0) is 35.4 Å². The summed E-state index contributed by atoms with van der Waals surface area (Å²) in [5.74, 6) is 0.810. The molecule has 1 aliphatic heterocycles. The molecule has 7 heteroatoms. The van der Waals surface area contributed by atoms with E-state index in [1.807, 2.05) is 48.5 Å². The minimum atomic E-state index is -0.252. The average Bonchev–Trinajstić information content (AvgIpc) is 2.74. The Morgan fingerprint density at radius 2 is 1.90 bits per heavy atom. The molecule has 1 fully saturated rings. The maximum absolute atomic E-state index is 12.2. The zero-order chi connectivity index (χ0) is 20.3. The zero-order valence-electron chi connectivity index (χ0n) is 16.9. The molecular formula is C22H29N3O4. The van der Waals surface area contributed by atoms with Gasteiger partial charge in [-0.25, -0.2) is 4.79 Å². The van der Waals surface area contributed by atoms with E-state index < -0.39 is 0 Å². The Bertz CT molecular complexity index is 778. The maximum atomic E-state index is 12.2.